The third-order valence-electron chi connectivity index (χ3n) is 8.11. The fraction of sp³-hybridized carbons (Fsp3) is 0.545. The van der Waals surface area contributed by atoms with Crippen LogP contribution in [0.5, 0.6) is 0 Å². The van der Waals surface area contributed by atoms with Gasteiger partial charge < -0.3 is 33.6 Å². The van der Waals surface area contributed by atoms with E-state index in [1.807, 2.05) is 60.7 Å². The lowest BCUT2D eigenvalue weighted by atomic mass is 9.90. The van der Waals surface area contributed by atoms with Gasteiger partial charge in [0.1, 0.15) is 18.3 Å². The molecule has 1 heterocycles. The predicted octanol–water partition coefficient (Wildman–Crippen LogP) is 5.18. The molecule has 0 aliphatic carbocycles. The van der Waals surface area contributed by atoms with Crippen LogP contribution in [-0.4, -0.2) is 74.8 Å². The minimum absolute atomic E-state index is 0.0759. The maximum absolute atomic E-state index is 12.0. The number of carbonyl (C=O) groups excluding carboxylic acids is 1. The summed E-state index contributed by atoms with van der Waals surface area (Å²) in [5.74, 6) is -0.486. The smallest absolute Gasteiger partial charge is 0.330 e. The van der Waals surface area contributed by atoms with Crippen LogP contribution in [0.1, 0.15) is 44.7 Å². The quantitative estimate of drug-likeness (QED) is 0.174. The number of esters is 1. The Morgan fingerprint density at radius 3 is 2.00 bits per heavy atom. The minimum Gasteiger partial charge on any atom is -0.466 e. The third-order valence-corrected chi connectivity index (χ3v) is 12.6. The lowest BCUT2D eigenvalue weighted by Gasteiger charge is -2.46. The predicted molar refractivity (Wildman–Crippen MR) is 164 cm³/mol. The van der Waals surface area contributed by atoms with Crippen LogP contribution in [0.3, 0.4) is 0 Å². The van der Waals surface area contributed by atoms with E-state index in [0.29, 0.717) is 13.0 Å². The molecule has 6 atom stereocenters. The monoisotopic (exact) mass is 600 g/mol. The van der Waals surface area contributed by atoms with Crippen molar-refractivity contribution in [3.63, 3.8) is 0 Å². The van der Waals surface area contributed by atoms with Gasteiger partial charge in [0, 0.05) is 19.1 Å². The normalized spacial score (nSPS) is 24.0. The highest BCUT2D eigenvalue weighted by Gasteiger charge is 2.48. The van der Waals surface area contributed by atoms with Gasteiger partial charge in [-0.15, -0.1) is 0 Å². The van der Waals surface area contributed by atoms with Crippen molar-refractivity contribution in [2.75, 3.05) is 13.7 Å². The molecule has 3 rings (SSSR count). The molecule has 1 saturated heterocycles. The molecule has 8 nitrogen and oxygen atoms in total. The molecule has 0 unspecified atom stereocenters. The molecule has 0 amide bonds. The Morgan fingerprint density at radius 2 is 1.50 bits per heavy atom. The second-order valence-corrected chi connectivity index (χ2v) is 17.0. The van der Waals surface area contributed by atoms with Gasteiger partial charge in [0.2, 0.25) is 0 Å². The molecule has 42 heavy (non-hydrogen) atoms. The highest BCUT2D eigenvalue weighted by Crippen LogP contribution is 2.39. The van der Waals surface area contributed by atoms with Crippen molar-refractivity contribution in [3.05, 3.63) is 83.9 Å². The molecule has 2 aromatic carbocycles. The summed E-state index contributed by atoms with van der Waals surface area (Å²) in [6, 6.07) is 19.5. The summed E-state index contributed by atoms with van der Waals surface area (Å²) in [5, 5.41) is 21.6. The van der Waals surface area contributed by atoms with Crippen LogP contribution in [0.15, 0.2) is 72.8 Å². The van der Waals surface area contributed by atoms with Gasteiger partial charge in [-0.1, -0.05) is 81.4 Å². The van der Waals surface area contributed by atoms with Crippen molar-refractivity contribution in [2.24, 2.45) is 0 Å². The second-order valence-electron chi connectivity index (χ2n) is 12.3. The van der Waals surface area contributed by atoms with Gasteiger partial charge in [-0.3, -0.25) is 0 Å². The molecule has 0 bridgehead atoms. The first-order valence-corrected chi connectivity index (χ1v) is 17.6. The maximum atomic E-state index is 12.0. The standard InChI is InChI=1S/C33H48O8Si/c1-33(2,3)42(5,6)41-26(17-18-29(35)37-4)21-28-30(36)32(39-23-25-15-11-8-12-16-25)31(27(40-28)19-20-34)38-22-24-13-9-7-10-14-24/h7-18,26-28,30-32,34,36H,19-23H2,1-6H3/b18-17-/t26-,27+,28-,30-,31+,32+/m1/s1. The zero-order valence-electron chi connectivity index (χ0n) is 25.8. The van der Waals surface area contributed by atoms with Crippen LogP contribution in [0.4, 0.5) is 0 Å². The molecular formula is C33H48O8Si. The minimum atomic E-state index is -2.27. The molecule has 0 aromatic heterocycles. The van der Waals surface area contributed by atoms with Crippen molar-refractivity contribution < 1.29 is 38.4 Å². The molecule has 232 valence electrons. The number of aliphatic hydroxyl groups excluding tert-OH is 2. The Morgan fingerprint density at radius 1 is 0.952 bits per heavy atom. The first kappa shape index (κ1) is 34.1. The van der Waals surface area contributed by atoms with Crippen molar-refractivity contribution >= 4 is 14.3 Å². The first-order chi connectivity index (χ1) is 19.9. The lowest BCUT2D eigenvalue weighted by Crippen LogP contribution is -2.60. The molecular weight excluding hydrogens is 552 g/mol. The first-order valence-electron chi connectivity index (χ1n) is 14.6. The SMILES string of the molecule is COC(=O)/C=C\[C@H](C[C@H]1O[C@@H](CCO)[C@H](OCc2ccccc2)[C@@H](OCc2ccccc2)[C@@H]1O)O[Si](C)(C)C(C)(C)C. The highest BCUT2D eigenvalue weighted by atomic mass is 28.4. The Labute approximate surface area is 251 Å². The lowest BCUT2D eigenvalue weighted by molar-refractivity contribution is -0.257. The van der Waals surface area contributed by atoms with E-state index >= 15 is 0 Å². The average Bonchev–Trinajstić information content (AvgIpc) is 2.96. The molecule has 1 aliphatic heterocycles. The summed E-state index contributed by atoms with van der Waals surface area (Å²) in [7, 11) is -0.938. The number of benzene rings is 2. The van der Waals surface area contributed by atoms with E-state index < -0.39 is 50.9 Å². The molecule has 0 spiro atoms. The van der Waals surface area contributed by atoms with Gasteiger partial charge in [0.05, 0.1) is 38.6 Å². The van der Waals surface area contributed by atoms with Crippen LogP contribution in [0.25, 0.3) is 0 Å². The van der Waals surface area contributed by atoms with Gasteiger partial charge in [0.15, 0.2) is 8.32 Å². The Balaban J connectivity index is 1.89. The summed E-state index contributed by atoms with van der Waals surface area (Å²) < 4.78 is 30.7. The van der Waals surface area contributed by atoms with E-state index in [-0.39, 0.29) is 24.7 Å². The Hall–Kier alpha value is -2.37. The van der Waals surface area contributed by atoms with E-state index in [1.165, 1.54) is 13.2 Å². The number of carbonyl (C=O) groups is 1. The average molecular weight is 601 g/mol. The summed E-state index contributed by atoms with van der Waals surface area (Å²) in [5.41, 5.74) is 1.95. The fourth-order valence-corrected chi connectivity index (χ4v) is 5.97. The van der Waals surface area contributed by atoms with Crippen molar-refractivity contribution in [2.45, 2.75) is 102 Å². The number of hydrogen-bond donors (Lipinski definition) is 2. The van der Waals surface area contributed by atoms with E-state index in [2.05, 4.69) is 33.9 Å². The summed E-state index contributed by atoms with van der Waals surface area (Å²) >= 11 is 0. The summed E-state index contributed by atoms with van der Waals surface area (Å²) in [6.45, 7) is 11.2. The van der Waals surface area contributed by atoms with Gasteiger partial charge in [-0.25, -0.2) is 4.79 Å². The second kappa shape index (κ2) is 15.9. The molecule has 0 radical (unpaired) electrons. The number of rotatable bonds is 14. The van der Waals surface area contributed by atoms with Gasteiger partial charge in [-0.05, 0) is 41.8 Å². The molecule has 9 heteroatoms. The highest BCUT2D eigenvalue weighted by molar-refractivity contribution is 6.74. The maximum Gasteiger partial charge on any atom is 0.330 e. The Bertz CT molecular complexity index is 1100. The molecule has 1 fully saturated rings. The van der Waals surface area contributed by atoms with Gasteiger partial charge in [0.25, 0.3) is 0 Å². The molecule has 2 N–H and O–H groups in total. The number of hydrogen-bond acceptors (Lipinski definition) is 8. The molecule has 1 aliphatic rings. The molecule has 0 saturated carbocycles. The van der Waals surface area contributed by atoms with Crippen molar-refractivity contribution in [3.8, 4) is 0 Å². The Kier molecular flexibility index (Phi) is 12.9. The number of methoxy groups -OCH3 is 1. The zero-order chi connectivity index (χ0) is 30.8. The fourth-order valence-electron chi connectivity index (χ4n) is 4.69. The van der Waals surface area contributed by atoms with Crippen LogP contribution in [0, 0.1) is 0 Å². The van der Waals surface area contributed by atoms with E-state index in [1.54, 1.807) is 6.08 Å². The molecule has 2 aromatic rings. The summed E-state index contributed by atoms with van der Waals surface area (Å²) in [6.07, 6.45) is -0.548. The van der Waals surface area contributed by atoms with Crippen molar-refractivity contribution in [1.29, 1.82) is 0 Å². The number of ether oxygens (including phenoxy) is 4. The van der Waals surface area contributed by atoms with Crippen LogP contribution in [0.2, 0.25) is 18.1 Å². The van der Waals surface area contributed by atoms with Crippen LogP contribution >= 0.6 is 0 Å². The van der Waals surface area contributed by atoms with E-state index in [4.69, 9.17) is 23.4 Å². The van der Waals surface area contributed by atoms with E-state index in [0.717, 1.165) is 11.1 Å². The van der Waals surface area contributed by atoms with Crippen LogP contribution < -0.4 is 0 Å². The largest absolute Gasteiger partial charge is 0.466 e. The summed E-state index contributed by atoms with van der Waals surface area (Å²) in [4.78, 5) is 12.0. The van der Waals surface area contributed by atoms with E-state index in [9.17, 15) is 15.0 Å². The number of aliphatic hydroxyl groups is 2. The third kappa shape index (κ3) is 9.84. The topological polar surface area (TPSA) is 104 Å². The van der Waals surface area contributed by atoms with Crippen molar-refractivity contribution in [1.82, 2.24) is 0 Å². The van der Waals surface area contributed by atoms with Crippen LogP contribution in [-0.2, 0) is 41.4 Å². The van der Waals surface area contributed by atoms with Gasteiger partial charge >= 0.3 is 5.97 Å². The van der Waals surface area contributed by atoms with Gasteiger partial charge in [-0.2, -0.15) is 0 Å². The zero-order valence-corrected chi connectivity index (χ0v) is 26.8.